The smallest absolute Gasteiger partial charge is 0.255 e. The van der Waals surface area contributed by atoms with Crippen LogP contribution >= 0.6 is 0 Å². The Bertz CT molecular complexity index is 1340. The lowest BCUT2D eigenvalue weighted by Crippen LogP contribution is -2.45. The van der Waals surface area contributed by atoms with Crippen LogP contribution in [0.3, 0.4) is 0 Å². The van der Waals surface area contributed by atoms with Crippen LogP contribution in [0.15, 0.2) is 91.4 Å². The number of nitrogens with one attached hydrogen (secondary N) is 2. The third kappa shape index (κ3) is 8.69. The first-order chi connectivity index (χ1) is 19.4. The van der Waals surface area contributed by atoms with Gasteiger partial charge in [0.25, 0.3) is 5.91 Å². The molecule has 8 heteroatoms. The first kappa shape index (κ1) is 28.9. The van der Waals surface area contributed by atoms with E-state index in [1.54, 1.807) is 24.5 Å². The lowest BCUT2D eigenvalue weighted by molar-refractivity contribution is -0.112. The molecule has 3 heterocycles. The van der Waals surface area contributed by atoms with Gasteiger partial charge in [0.1, 0.15) is 0 Å². The van der Waals surface area contributed by atoms with Gasteiger partial charge in [0.15, 0.2) is 0 Å². The Morgan fingerprint density at radius 2 is 1.98 bits per heavy atom. The van der Waals surface area contributed by atoms with Crippen molar-refractivity contribution >= 4 is 23.2 Å². The minimum absolute atomic E-state index is 0.188. The van der Waals surface area contributed by atoms with Crippen LogP contribution in [-0.4, -0.2) is 70.4 Å². The van der Waals surface area contributed by atoms with Gasteiger partial charge in [-0.25, -0.2) is 9.97 Å². The van der Waals surface area contributed by atoms with Crippen LogP contribution in [0.1, 0.15) is 23.7 Å². The molecule has 2 N–H and O–H groups in total. The number of benzene rings is 1. The highest BCUT2D eigenvalue weighted by molar-refractivity contribution is 6.06. The molecule has 40 heavy (non-hydrogen) atoms. The van der Waals surface area contributed by atoms with E-state index in [1.807, 2.05) is 55.6 Å². The molecule has 1 saturated heterocycles. The van der Waals surface area contributed by atoms with Crippen LogP contribution in [0.4, 0.5) is 17.3 Å². The molecule has 1 amide bonds. The first-order valence-electron chi connectivity index (χ1n) is 13.7. The van der Waals surface area contributed by atoms with Crippen molar-refractivity contribution in [2.45, 2.75) is 20.3 Å². The van der Waals surface area contributed by atoms with E-state index in [-0.39, 0.29) is 5.91 Å². The van der Waals surface area contributed by atoms with E-state index in [9.17, 15) is 4.79 Å². The molecule has 0 bridgehead atoms. The molecule has 2 aromatic heterocycles. The molecule has 8 nitrogen and oxygen atoms in total. The van der Waals surface area contributed by atoms with Gasteiger partial charge in [0, 0.05) is 74.7 Å². The van der Waals surface area contributed by atoms with Crippen molar-refractivity contribution in [3.8, 4) is 0 Å². The van der Waals surface area contributed by atoms with Gasteiger partial charge in [-0.2, -0.15) is 0 Å². The van der Waals surface area contributed by atoms with E-state index in [4.69, 9.17) is 0 Å². The molecule has 0 radical (unpaired) electrons. The Morgan fingerprint density at radius 3 is 2.73 bits per heavy atom. The number of rotatable bonds is 11. The lowest BCUT2D eigenvalue weighted by Gasteiger charge is -2.33. The highest BCUT2D eigenvalue weighted by Crippen LogP contribution is 2.24. The molecule has 0 aliphatic carbocycles. The molecule has 0 spiro atoms. The van der Waals surface area contributed by atoms with Crippen LogP contribution < -0.4 is 10.6 Å². The van der Waals surface area contributed by atoms with Crippen molar-refractivity contribution in [2.75, 3.05) is 50.4 Å². The summed E-state index contributed by atoms with van der Waals surface area (Å²) in [6.45, 7) is 13.3. The fraction of sp³-hybridized carbons (Fsp3) is 0.312. The molecule has 1 atom stereocenters. The molecule has 4 rings (SSSR count). The summed E-state index contributed by atoms with van der Waals surface area (Å²) in [6.07, 6.45) is 13.4. The highest BCUT2D eigenvalue weighted by atomic mass is 16.1. The van der Waals surface area contributed by atoms with Crippen molar-refractivity contribution in [1.82, 2.24) is 24.8 Å². The van der Waals surface area contributed by atoms with Gasteiger partial charge in [-0.1, -0.05) is 49.9 Å². The van der Waals surface area contributed by atoms with Crippen molar-refractivity contribution in [3.05, 3.63) is 108 Å². The van der Waals surface area contributed by atoms with Crippen molar-refractivity contribution in [2.24, 2.45) is 5.92 Å². The van der Waals surface area contributed by atoms with Crippen LogP contribution in [0.2, 0.25) is 0 Å². The molecule has 1 unspecified atom stereocenters. The number of nitrogens with zero attached hydrogens (tertiary/aromatic N) is 5. The SMILES string of the molecule is C=C/C=C(\C=C/C(C)CN1CCN(C)CC1)C(=O)Nc1ccc(C)c(Nc2nccc(Cc3cccnc3)n2)c1. The maximum absolute atomic E-state index is 13.2. The number of likely N-dealkylation sites (N-methyl/N-ethyl adjacent to an activating group) is 1. The fourth-order valence-corrected chi connectivity index (χ4v) is 4.53. The Morgan fingerprint density at radius 1 is 1.15 bits per heavy atom. The lowest BCUT2D eigenvalue weighted by atomic mass is 10.1. The molecular formula is C32H39N7O. The predicted molar refractivity (Wildman–Crippen MR) is 163 cm³/mol. The third-order valence-electron chi connectivity index (χ3n) is 6.87. The maximum atomic E-state index is 13.2. The van der Waals surface area contributed by atoms with Gasteiger partial charge >= 0.3 is 0 Å². The topological polar surface area (TPSA) is 86.3 Å². The number of hydrogen-bond donors (Lipinski definition) is 2. The zero-order chi connectivity index (χ0) is 28.3. The van der Waals surface area contributed by atoms with Crippen molar-refractivity contribution < 1.29 is 4.79 Å². The number of aromatic nitrogens is 3. The minimum atomic E-state index is -0.188. The average Bonchev–Trinajstić information content (AvgIpc) is 2.95. The van der Waals surface area contributed by atoms with Gasteiger partial charge in [-0.15, -0.1) is 0 Å². The van der Waals surface area contributed by atoms with Crippen molar-refractivity contribution in [1.29, 1.82) is 0 Å². The van der Waals surface area contributed by atoms with Crippen LogP contribution in [0.25, 0.3) is 0 Å². The minimum Gasteiger partial charge on any atom is -0.324 e. The summed E-state index contributed by atoms with van der Waals surface area (Å²) in [6, 6.07) is 11.6. The number of piperazine rings is 1. The van der Waals surface area contributed by atoms with Gasteiger partial charge in [0.05, 0.1) is 5.69 Å². The number of amides is 1. The molecule has 1 aliphatic rings. The number of anilines is 3. The largest absolute Gasteiger partial charge is 0.324 e. The summed E-state index contributed by atoms with van der Waals surface area (Å²) in [4.78, 5) is 31.2. The second kappa shape index (κ2) is 14.3. The Balaban J connectivity index is 1.39. The summed E-state index contributed by atoms with van der Waals surface area (Å²) < 4.78 is 0. The second-order valence-corrected chi connectivity index (χ2v) is 10.3. The summed E-state index contributed by atoms with van der Waals surface area (Å²) in [5.41, 5.74) is 5.04. The second-order valence-electron chi connectivity index (χ2n) is 10.3. The molecule has 0 saturated carbocycles. The number of aryl methyl sites for hydroxylation is 1. The molecule has 208 valence electrons. The summed E-state index contributed by atoms with van der Waals surface area (Å²) in [5, 5.41) is 6.33. The van der Waals surface area contributed by atoms with E-state index >= 15 is 0 Å². The van der Waals surface area contributed by atoms with E-state index in [2.05, 4.69) is 62.0 Å². The van der Waals surface area contributed by atoms with E-state index in [0.29, 0.717) is 29.5 Å². The maximum Gasteiger partial charge on any atom is 0.255 e. The normalized spacial score (nSPS) is 15.6. The van der Waals surface area contributed by atoms with Crippen LogP contribution in [0.5, 0.6) is 0 Å². The van der Waals surface area contributed by atoms with Crippen molar-refractivity contribution in [3.63, 3.8) is 0 Å². The highest BCUT2D eigenvalue weighted by Gasteiger charge is 2.15. The fourth-order valence-electron chi connectivity index (χ4n) is 4.53. The van der Waals surface area contributed by atoms with E-state index < -0.39 is 0 Å². The number of hydrogen-bond acceptors (Lipinski definition) is 7. The Hall–Kier alpha value is -4.14. The molecule has 1 aliphatic heterocycles. The number of carbonyl (C=O) groups is 1. The zero-order valence-electron chi connectivity index (χ0n) is 23.7. The number of pyridine rings is 1. The first-order valence-corrected chi connectivity index (χ1v) is 13.7. The molecule has 1 fully saturated rings. The van der Waals surface area contributed by atoms with E-state index in [1.165, 1.54) is 0 Å². The quantitative estimate of drug-likeness (QED) is 0.263. The zero-order valence-corrected chi connectivity index (χ0v) is 23.7. The third-order valence-corrected chi connectivity index (χ3v) is 6.87. The predicted octanol–water partition coefficient (Wildman–Crippen LogP) is 5.01. The Labute approximate surface area is 237 Å². The van der Waals surface area contributed by atoms with Crippen LogP contribution in [0, 0.1) is 12.8 Å². The summed E-state index contributed by atoms with van der Waals surface area (Å²) >= 11 is 0. The van der Waals surface area contributed by atoms with Gasteiger partial charge in [-0.3, -0.25) is 9.78 Å². The van der Waals surface area contributed by atoms with Gasteiger partial charge in [0.2, 0.25) is 5.95 Å². The van der Waals surface area contributed by atoms with Crippen LogP contribution in [-0.2, 0) is 11.2 Å². The number of carbonyl (C=O) groups excluding carboxylic acids is 1. The summed E-state index contributed by atoms with van der Waals surface area (Å²) in [7, 11) is 2.16. The average molecular weight is 538 g/mol. The number of allylic oxidation sites excluding steroid dienone is 2. The molecule has 1 aromatic carbocycles. The molecular weight excluding hydrogens is 498 g/mol. The summed E-state index contributed by atoms with van der Waals surface area (Å²) in [5.74, 6) is 0.637. The van der Waals surface area contributed by atoms with Gasteiger partial charge in [-0.05, 0) is 55.3 Å². The standard InChI is InChI=1S/C32H39N7O/c1-5-7-27(11-9-24(2)23-39-18-16-38(4)17-19-39)31(40)35-28-12-10-25(3)30(21-28)37-32-34-15-13-29(36-32)20-26-8-6-14-33-22-26/h5-15,21-22,24H,1,16-20,23H2,2-4H3,(H,35,40)(H,34,36,37)/b11-9-,27-7+. The monoisotopic (exact) mass is 537 g/mol. The van der Waals surface area contributed by atoms with E-state index in [0.717, 1.165) is 55.2 Å². The van der Waals surface area contributed by atoms with Gasteiger partial charge < -0.3 is 20.4 Å². The Kier molecular flexibility index (Phi) is 10.3. The molecule has 3 aromatic rings.